The molecular formula is C17H31NO2. The molecule has 2 atom stereocenters. The maximum Gasteiger partial charge on any atom is 0.129 e. The number of aliphatic hydroxyl groups excluding tert-OH is 1. The molecule has 0 aliphatic rings. The third-order valence-corrected chi connectivity index (χ3v) is 4.01. The summed E-state index contributed by atoms with van der Waals surface area (Å²) in [5.41, 5.74) is -0.270. The van der Waals surface area contributed by atoms with E-state index in [4.69, 9.17) is 5.11 Å². The Labute approximate surface area is 124 Å². The van der Waals surface area contributed by atoms with Crippen molar-refractivity contribution in [2.24, 2.45) is 11.3 Å². The number of nitrogens with zero attached hydrogens (tertiary/aromatic N) is 1. The van der Waals surface area contributed by atoms with Gasteiger partial charge in [0.1, 0.15) is 5.78 Å². The number of nitriles is 1. The summed E-state index contributed by atoms with van der Waals surface area (Å²) in [5, 5.41) is 18.2. The van der Waals surface area contributed by atoms with Crippen molar-refractivity contribution < 1.29 is 9.90 Å². The number of unbranched alkanes of at least 4 members (excludes halogenated alkanes) is 3. The highest BCUT2D eigenvalue weighted by atomic mass is 16.3. The standard InChI is InChI=1S/C17H31NO2/c1-15(13-19)9-6-4-5-7-11-17(3,14-18)12-8-10-16(2)20/h15,19H,4-13H2,1-3H3. The van der Waals surface area contributed by atoms with Gasteiger partial charge in [0, 0.05) is 13.0 Å². The summed E-state index contributed by atoms with van der Waals surface area (Å²) in [5.74, 6) is 0.620. The Balaban J connectivity index is 3.73. The molecule has 0 aromatic heterocycles. The van der Waals surface area contributed by atoms with Crippen LogP contribution in [0.1, 0.15) is 78.6 Å². The van der Waals surface area contributed by atoms with Gasteiger partial charge in [-0.1, -0.05) is 32.6 Å². The van der Waals surface area contributed by atoms with Crippen LogP contribution in [-0.2, 0) is 4.79 Å². The molecule has 0 saturated carbocycles. The molecule has 0 aliphatic carbocycles. The zero-order valence-electron chi connectivity index (χ0n) is 13.5. The number of ketones is 1. The Morgan fingerprint density at radius 3 is 2.35 bits per heavy atom. The van der Waals surface area contributed by atoms with Crippen molar-refractivity contribution in [2.75, 3.05) is 6.61 Å². The van der Waals surface area contributed by atoms with Gasteiger partial charge in [-0.2, -0.15) is 5.26 Å². The molecule has 20 heavy (non-hydrogen) atoms. The van der Waals surface area contributed by atoms with Crippen molar-refractivity contribution in [1.82, 2.24) is 0 Å². The van der Waals surface area contributed by atoms with Crippen molar-refractivity contribution in [2.45, 2.75) is 78.6 Å². The van der Waals surface area contributed by atoms with E-state index >= 15 is 0 Å². The Morgan fingerprint density at radius 1 is 1.20 bits per heavy atom. The summed E-state index contributed by atoms with van der Waals surface area (Å²) in [4.78, 5) is 10.9. The van der Waals surface area contributed by atoms with Gasteiger partial charge >= 0.3 is 0 Å². The fraction of sp³-hybridized carbons (Fsp3) is 0.882. The summed E-state index contributed by atoms with van der Waals surface area (Å²) >= 11 is 0. The summed E-state index contributed by atoms with van der Waals surface area (Å²) in [6.45, 7) is 5.97. The largest absolute Gasteiger partial charge is 0.396 e. The van der Waals surface area contributed by atoms with Gasteiger partial charge in [-0.25, -0.2) is 0 Å². The second kappa shape index (κ2) is 10.9. The molecule has 0 radical (unpaired) electrons. The monoisotopic (exact) mass is 281 g/mol. The third kappa shape index (κ3) is 9.97. The molecule has 0 saturated heterocycles. The first-order chi connectivity index (χ1) is 9.43. The molecule has 3 nitrogen and oxygen atoms in total. The first-order valence-electron chi connectivity index (χ1n) is 7.95. The van der Waals surface area contributed by atoms with Gasteiger partial charge in [0.25, 0.3) is 0 Å². The highest BCUT2D eigenvalue weighted by Gasteiger charge is 2.22. The second-order valence-corrected chi connectivity index (χ2v) is 6.47. The molecule has 2 unspecified atom stereocenters. The SMILES string of the molecule is CC(=O)CCCC(C)(C#N)CCCCCCC(C)CO. The fourth-order valence-corrected chi connectivity index (χ4v) is 2.42. The Kier molecular flexibility index (Phi) is 10.4. The maximum atomic E-state index is 10.9. The summed E-state index contributed by atoms with van der Waals surface area (Å²) < 4.78 is 0. The number of rotatable bonds is 12. The maximum absolute atomic E-state index is 10.9. The first kappa shape index (κ1) is 19.1. The van der Waals surface area contributed by atoms with Gasteiger partial charge in [-0.15, -0.1) is 0 Å². The normalized spacial score (nSPS) is 15.3. The van der Waals surface area contributed by atoms with E-state index in [1.54, 1.807) is 6.92 Å². The smallest absolute Gasteiger partial charge is 0.129 e. The lowest BCUT2D eigenvalue weighted by Gasteiger charge is -2.21. The van der Waals surface area contributed by atoms with Crippen molar-refractivity contribution in [1.29, 1.82) is 5.26 Å². The van der Waals surface area contributed by atoms with E-state index in [0.29, 0.717) is 12.3 Å². The Hall–Kier alpha value is -0.880. The van der Waals surface area contributed by atoms with Crippen molar-refractivity contribution >= 4 is 5.78 Å². The predicted octanol–water partition coefficient (Wildman–Crippen LogP) is 4.24. The van der Waals surface area contributed by atoms with Gasteiger partial charge in [0.15, 0.2) is 0 Å². The summed E-state index contributed by atoms with van der Waals surface area (Å²) in [6.07, 6.45) is 8.84. The van der Waals surface area contributed by atoms with Crippen LogP contribution in [0.2, 0.25) is 0 Å². The lowest BCUT2D eigenvalue weighted by molar-refractivity contribution is -0.117. The highest BCUT2D eigenvalue weighted by molar-refractivity contribution is 5.75. The minimum absolute atomic E-state index is 0.211. The van der Waals surface area contributed by atoms with Gasteiger partial charge < -0.3 is 9.90 Å². The topological polar surface area (TPSA) is 61.1 Å². The van der Waals surface area contributed by atoms with Gasteiger partial charge in [-0.3, -0.25) is 0 Å². The predicted molar refractivity (Wildman–Crippen MR) is 82.2 cm³/mol. The summed E-state index contributed by atoms with van der Waals surface area (Å²) in [7, 11) is 0. The van der Waals surface area contributed by atoms with Crippen molar-refractivity contribution in [3.8, 4) is 6.07 Å². The van der Waals surface area contributed by atoms with E-state index in [-0.39, 0.29) is 17.8 Å². The molecule has 0 aromatic carbocycles. The molecule has 0 aliphatic heterocycles. The van der Waals surface area contributed by atoms with Crippen LogP contribution in [0, 0.1) is 22.7 Å². The second-order valence-electron chi connectivity index (χ2n) is 6.47. The molecule has 3 heteroatoms. The van der Waals surface area contributed by atoms with Crippen molar-refractivity contribution in [3.63, 3.8) is 0 Å². The van der Waals surface area contributed by atoms with Crippen LogP contribution in [0.25, 0.3) is 0 Å². The number of carbonyl (C=O) groups is 1. The minimum atomic E-state index is -0.270. The van der Waals surface area contributed by atoms with Gasteiger partial charge in [0.2, 0.25) is 0 Å². The van der Waals surface area contributed by atoms with E-state index in [0.717, 1.165) is 44.9 Å². The molecule has 0 bridgehead atoms. The zero-order valence-corrected chi connectivity index (χ0v) is 13.5. The van der Waals surface area contributed by atoms with Crippen LogP contribution in [0.5, 0.6) is 0 Å². The van der Waals surface area contributed by atoms with Crippen molar-refractivity contribution in [3.05, 3.63) is 0 Å². The van der Waals surface area contributed by atoms with E-state index in [2.05, 4.69) is 13.0 Å². The Bertz CT molecular complexity index is 309. The molecule has 0 fully saturated rings. The molecule has 0 heterocycles. The van der Waals surface area contributed by atoms with E-state index < -0.39 is 0 Å². The number of aliphatic hydroxyl groups is 1. The first-order valence-corrected chi connectivity index (χ1v) is 7.95. The number of Topliss-reactive ketones (excluding diaryl/α,β-unsaturated/α-hetero) is 1. The zero-order chi connectivity index (χ0) is 15.4. The molecule has 116 valence electrons. The number of hydrogen-bond donors (Lipinski definition) is 1. The average Bonchev–Trinajstić information content (AvgIpc) is 2.41. The average molecular weight is 281 g/mol. The third-order valence-electron chi connectivity index (χ3n) is 4.01. The van der Waals surface area contributed by atoms with Gasteiger partial charge in [0.05, 0.1) is 11.5 Å². The van der Waals surface area contributed by atoms with Crippen LogP contribution in [0.4, 0.5) is 0 Å². The number of hydrogen-bond acceptors (Lipinski definition) is 3. The molecule has 0 amide bonds. The van der Waals surface area contributed by atoms with E-state index in [1.165, 1.54) is 6.42 Å². The summed E-state index contributed by atoms with van der Waals surface area (Å²) in [6, 6.07) is 2.43. The molecule has 0 aromatic rings. The van der Waals surface area contributed by atoms with Crippen LogP contribution in [0.3, 0.4) is 0 Å². The molecular weight excluding hydrogens is 250 g/mol. The highest BCUT2D eigenvalue weighted by Crippen LogP contribution is 2.30. The molecule has 1 N–H and O–H groups in total. The van der Waals surface area contributed by atoms with E-state index in [1.807, 2.05) is 6.92 Å². The van der Waals surface area contributed by atoms with Crippen LogP contribution < -0.4 is 0 Å². The lowest BCUT2D eigenvalue weighted by Crippen LogP contribution is -2.14. The number of carbonyl (C=O) groups excluding carboxylic acids is 1. The van der Waals surface area contributed by atoms with Crippen LogP contribution in [0.15, 0.2) is 0 Å². The lowest BCUT2D eigenvalue weighted by atomic mass is 9.81. The molecule has 0 spiro atoms. The van der Waals surface area contributed by atoms with Crippen LogP contribution >= 0.6 is 0 Å². The van der Waals surface area contributed by atoms with E-state index in [9.17, 15) is 10.1 Å². The fourth-order valence-electron chi connectivity index (χ4n) is 2.42. The Morgan fingerprint density at radius 2 is 1.80 bits per heavy atom. The molecule has 0 rings (SSSR count). The quantitative estimate of drug-likeness (QED) is 0.544. The minimum Gasteiger partial charge on any atom is -0.396 e. The van der Waals surface area contributed by atoms with Crippen LogP contribution in [-0.4, -0.2) is 17.5 Å². The van der Waals surface area contributed by atoms with Gasteiger partial charge in [-0.05, 0) is 45.4 Å².